The average molecular weight is 291 g/mol. The number of thiazole rings is 1. The van der Waals surface area contributed by atoms with Crippen LogP contribution >= 0.6 is 11.3 Å². The highest BCUT2D eigenvalue weighted by molar-refractivity contribution is 7.11. The van der Waals surface area contributed by atoms with Gasteiger partial charge in [0, 0.05) is 10.8 Å². The van der Waals surface area contributed by atoms with Crippen LogP contribution in [-0.2, 0) is 11.2 Å². The van der Waals surface area contributed by atoms with Crippen molar-refractivity contribution in [1.82, 2.24) is 4.98 Å². The summed E-state index contributed by atoms with van der Waals surface area (Å²) in [4.78, 5) is 18.3. The van der Waals surface area contributed by atoms with Crippen molar-refractivity contribution in [3.8, 4) is 0 Å². The van der Waals surface area contributed by atoms with Crippen LogP contribution in [0.25, 0.3) is 0 Å². The standard InChI is InChI=1S/C17H25NOS/c1-11-12(2)20-17(18-11)10-16(19)15-8-7-13-5-3-4-6-14(13)9-15/h13-15H,3-10H2,1-2H3. The van der Waals surface area contributed by atoms with E-state index in [1.807, 2.05) is 6.92 Å². The third-order valence-electron chi connectivity index (χ3n) is 5.39. The van der Waals surface area contributed by atoms with Crippen molar-refractivity contribution in [2.75, 3.05) is 0 Å². The number of nitrogens with zero attached hydrogens (tertiary/aromatic N) is 1. The molecular formula is C17H25NOS. The number of fused-ring (bicyclic) bond motifs is 1. The van der Waals surface area contributed by atoms with Crippen molar-refractivity contribution >= 4 is 17.1 Å². The zero-order valence-corrected chi connectivity index (χ0v) is 13.5. The molecule has 1 aromatic rings. The summed E-state index contributed by atoms with van der Waals surface area (Å²) < 4.78 is 0. The van der Waals surface area contributed by atoms with Crippen LogP contribution in [0.3, 0.4) is 0 Å². The number of rotatable bonds is 3. The van der Waals surface area contributed by atoms with Crippen LogP contribution in [0.4, 0.5) is 0 Å². The Kier molecular flexibility index (Phi) is 4.25. The summed E-state index contributed by atoms with van der Waals surface area (Å²) in [6, 6.07) is 0. The lowest BCUT2D eigenvalue weighted by Gasteiger charge is -2.38. The van der Waals surface area contributed by atoms with Gasteiger partial charge < -0.3 is 0 Å². The molecule has 1 heterocycles. The highest BCUT2D eigenvalue weighted by Crippen LogP contribution is 2.43. The Morgan fingerprint density at radius 1 is 1.15 bits per heavy atom. The number of ketones is 1. The molecule has 0 N–H and O–H groups in total. The predicted octanol–water partition coefficient (Wildman–Crippen LogP) is 4.48. The molecule has 0 aromatic carbocycles. The van der Waals surface area contributed by atoms with Gasteiger partial charge in [0.25, 0.3) is 0 Å². The Balaban J connectivity index is 1.60. The van der Waals surface area contributed by atoms with Crippen molar-refractivity contribution in [2.45, 2.75) is 65.2 Å². The van der Waals surface area contributed by atoms with E-state index in [2.05, 4.69) is 11.9 Å². The molecule has 1 aromatic heterocycles. The molecule has 110 valence electrons. The molecule has 2 aliphatic carbocycles. The maximum atomic E-state index is 12.5. The Morgan fingerprint density at radius 3 is 2.60 bits per heavy atom. The molecule has 3 rings (SSSR count). The Morgan fingerprint density at radius 2 is 1.90 bits per heavy atom. The second-order valence-electron chi connectivity index (χ2n) is 6.71. The second kappa shape index (κ2) is 5.97. The molecule has 0 radical (unpaired) electrons. The van der Waals surface area contributed by atoms with E-state index in [0.29, 0.717) is 18.1 Å². The molecule has 0 bridgehead atoms. The van der Waals surface area contributed by atoms with E-state index in [0.717, 1.165) is 35.4 Å². The summed E-state index contributed by atoms with van der Waals surface area (Å²) in [6.07, 6.45) is 9.72. The molecule has 3 atom stereocenters. The molecule has 2 aliphatic rings. The normalized spacial score (nSPS) is 30.0. The van der Waals surface area contributed by atoms with E-state index >= 15 is 0 Å². The molecule has 0 amide bonds. The van der Waals surface area contributed by atoms with Crippen LogP contribution in [0, 0.1) is 31.6 Å². The minimum Gasteiger partial charge on any atom is -0.299 e. The first-order chi connectivity index (χ1) is 9.63. The third kappa shape index (κ3) is 2.98. The van der Waals surface area contributed by atoms with E-state index in [9.17, 15) is 4.79 Å². The van der Waals surface area contributed by atoms with Crippen LogP contribution in [0.1, 0.15) is 60.5 Å². The Hall–Kier alpha value is -0.700. The smallest absolute Gasteiger partial charge is 0.142 e. The van der Waals surface area contributed by atoms with Gasteiger partial charge in [0.2, 0.25) is 0 Å². The van der Waals surface area contributed by atoms with Crippen LogP contribution in [0.5, 0.6) is 0 Å². The van der Waals surface area contributed by atoms with Crippen LogP contribution in [0.2, 0.25) is 0 Å². The number of aromatic nitrogens is 1. The lowest BCUT2D eigenvalue weighted by molar-refractivity contribution is -0.124. The van der Waals surface area contributed by atoms with E-state index in [1.165, 1.54) is 37.0 Å². The Bertz CT molecular complexity index is 474. The first-order valence-corrected chi connectivity index (χ1v) is 8.90. The van der Waals surface area contributed by atoms with Gasteiger partial charge in [0.15, 0.2) is 0 Å². The molecule has 2 nitrogen and oxygen atoms in total. The minimum absolute atomic E-state index is 0.318. The van der Waals surface area contributed by atoms with E-state index < -0.39 is 0 Å². The highest BCUT2D eigenvalue weighted by atomic mass is 32.1. The number of carbonyl (C=O) groups excluding carboxylic acids is 1. The van der Waals surface area contributed by atoms with Crippen molar-refractivity contribution in [1.29, 1.82) is 0 Å². The number of hydrogen-bond donors (Lipinski definition) is 0. The van der Waals surface area contributed by atoms with Gasteiger partial charge >= 0.3 is 0 Å². The molecule has 0 aliphatic heterocycles. The quantitative estimate of drug-likeness (QED) is 0.822. The highest BCUT2D eigenvalue weighted by Gasteiger charge is 2.34. The number of carbonyl (C=O) groups is 1. The van der Waals surface area contributed by atoms with Gasteiger partial charge in [0.05, 0.1) is 12.1 Å². The van der Waals surface area contributed by atoms with Gasteiger partial charge in [-0.05, 0) is 44.9 Å². The van der Waals surface area contributed by atoms with Crippen LogP contribution < -0.4 is 0 Å². The predicted molar refractivity (Wildman–Crippen MR) is 83.1 cm³/mol. The largest absolute Gasteiger partial charge is 0.299 e. The van der Waals surface area contributed by atoms with Gasteiger partial charge in [0.1, 0.15) is 10.8 Å². The topological polar surface area (TPSA) is 30.0 Å². The monoisotopic (exact) mass is 291 g/mol. The fourth-order valence-electron chi connectivity index (χ4n) is 4.07. The zero-order valence-electron chi connectivity index (χ0n) is 12.7. The fourth-order valence-corrected chi connectivity index (χ4v) is 5.02. The van der Waals surface area contributed by atoms with Gasteiger partial charge in [-0.2, -0.15) is 0 Å². The summed E-state index contributed by atoms with van der Waals surface area (Å²) in [5.41, 5.74) is 1.09. The number of Topliss-reactive ketones (excluding diaryl/α,β-unsaturated/α-hetero) is 1. The average Bonchev–Trinajstić information content (AvgIpc) is 2.76. The van der Waals surface area contributed by atoms with Crippen LogP contribution in [-0.4, -0.2) is 10.8 Å². The molecule has 3 unspecified atom stereocenters. The van der Waals surface area contributed by atoms with Crippen molar-refractivity contribution in [2.24, 2.45) is 17.8 Å². The molecule has 2 saturated carbocycles. The van der Waals surface area contributed by atoms with Crippen LogP contribution in [0.15, 0.2) is 0 Å². The fraction of sp³-hybridized carbons (Fsp3) is 0.765. The van der Waals surface area contributed by atoms with Crippen molar-refractivity contribution in [3.05, 3.63) is 15.6 Å². The molecule has 3 heteroatoms. The first-order valence-electron chi connectivity index (χ1n) is 8.09. The molecular weight excluding hydrogens is 266 g/mol. The summed E-state index contributed by atoms with van der Waals surface area (Å²) in [7, 11) is 0. The Labute approximate surface area is 126 Å². The maximum Gasteiger partial charge on any atom is 0.142 e. The SMILES string of the molecule is Cc1nc(CC(=O)C2CCC3CCCCC3C2)sc1C. The summed E-state index contributed by atoms with van der Waals surface area (Å²) in [6.45, 7) is 4.13. The lowest BCUT2D eigenvalue weighted by Crippen LogP contribution is -2.31. The van der Waals surface area contributed by atoms with E-state index in [4.69, 9.17) is 0 Å². The number of hydrogen-bond acceptors (Lipinski definition) is 3. The second-order valence-corrected chi connectivity index (χ2v) is 7.99. The van der Waals surface area contributed by atoms with Gasteiger partial charge in [-0.15, -0.1) is 11.3 Å². The lowest BCUT2D eigenvalue weighted by atomic mass is 9.66. The van der Waals surface area contributed by atoms with Crippen molar-refractivity contribution < 1.29 is 4.79 Å². The van der Waals surface area contributed by atoms with Gasteiger partial charge in [-0.1, -0.05) is 25.7 Å². The van der Waals surface area contributed by atoms with E-state index in [-0.39, 0.29) is 0 Å². The minimum atomic E-state index is 0.318. The maximum absolute atomic E-state index is 12.5. The third-order valence-corrected chi connectivity index (χ3v) is 6.47. The first kappa shape index (κ1) is 14.2. The summed E-state index contributed by atoms with van der Waals surface area (Å²) >= 11 is 1.70. The number of aryl methyl sites for hydroxylation is 2. The summed E-state index contributed by atoms with van der Waals surface area (Å²) in [5, 5.41) is 1.02. The van der Waals surface area contributed by atoms with Crippen molar-refractivity contribution in [3.63, 3.8) is 0 Å². The summed E-state index contributed by atoms with van der Waals surface area (Å²) in [5.74, 6) is 2.53. The van der Waals surface area contributed by atoms with Gasteiger partial charge in [-0.3, -0.25) is 4.79 Å². The van der Waals surface area contributed by atoms with Gasteiger partial charge in [-0.25, -0.2) is 4.98 Å². The molecule has 0 saturated heterocycles. The zero-order chi connectivity index (χ0) is 14.1. The molecule has 20 heavy (non-hydrogen) atoms. The molecule has 0 spiro atoms. The van der Waals surface area contributed by atoms with E-state index in [1.54, 1.807) is 11.3 Å². The molecule has 2 fully saturated rings.